The van der Waals surface area contributed by atoms with Crippen molar-refractivity contribution in [3.63, 3.8) is 0 Å². The fourth-order valence-corrected chi connectivity index (χ4v) is 2.12. The molecule has 0 N–H and O–H groups in total. The van der Waals surface area contributed by atoms with Gasteiger partial charge in [-0.15, -0.1) is 0 Å². The maximum Gasteiger partial charge on any atom is 0.341 e. The molecule has 0 aliphatic carbocycles. The normalized spacial score (nSPS) is 10.4. The van der Waals surface area contributed by atoms with Crippen LogP contribution < -0.4 is 0 Å². The van der Waals surface area contributed by atoms with Crippen LogP contribution in [0.2, 0.25) is 0 Å². The molecule has 110 valence electrons. The molecule has 0 aliphatic heterocycles. The van der Waals surface area contributed by atoms with E-state index in [-0.39, 0.29) is 12.6 Å². The number of hydrogen-bond acceptors (Lipinski definition) is 4. The Labute approximate surface area is 128 Å². The van der Waals surface area contributed by atoms with Crippen LogP contribution in [0.4, 0.5) is 0 Å². The van der Waals surface area contributed by atoms with E-state index in [1.807, 2.05) is 55.5 Å². The van der Waals surface area contributed by atoms with E-state index in [4.69, 9.17) is 4.74 Å². The lowest BCUT2D eigenvalue weighted by molar-refractivity contribution is 0.0472. The molecule has 3 aromatic rings. The van der Waals surface area contributed by atoms with Crippen LogP contribution in [0.5, 0.6) is 0 Å². The summed E-state index contributed by atoms with van der Waals surface area (Å²) in [4.78, 5) is 16.4. The molecule has 0 spiro atoms. The van der Waals surface area contributed by atoms with Crippen molar-refractivity contribution >= 4 is 5.97 Å². The van der Waals surface area contributed by atoms with Crippen LogP contribution in [0, 0.1) is 6.92 Å². The number of aromatic nitrogens is 3. The Morgan fingerprint density at radius 2 is 1.91 bits per heavy atom. The van der Waals surface area contributed by atoms with E-state index in [1.54, 1.807) is 10.9 Å². The predicted octanol–water partition coefficient (Wildman–Crippen LogP) is 2.93. The van der Waals surface area contributed by atoms with Gasteiger partial charge < -0.3 is 4.74 Å². The average Bonchev–Trinajstić information content (AvgIpc) is 2.96. The van der Waals surface area contributed by atoms with E-state index in [0.717, 1.165) is 5.56 Å². The van der Waals surface area contributed by atoms with Gasteiger partial charge in [-0.3, -0.25) is 0 Å². The molecule has 2 aromatic heterocycles. The molecular formula is C17H15N3O2. The van der Waals surface area contributed by atoms with Crippen LogP contribution in [-0.2, 0) is 11.3 Å². The summed E-state index contributed by atoms with van der Waals surface area (Å²) in [7, 11) is 0. The molecule has 0 radical (unpaired) electrons. The summed E-state index contributed by atoms with van der Waals surface area (Å²) in [5, 5.41) is 4.22. The van der Waals surface area contributed by atoms with Crippen LogP contribution in [0.25, 0.3) is 5.82 Å². The number of carbonyl (C=O) groups excluding carboxylic acids is 1. The first-order valence-electron chi connectivity index (χ1n) is 6.93. The quantitative estimate of drug-likeness (QED) is 0.694. The summed E-state index contributed by atoms with van der Waals surface area (Å²) >= 11 is 0. The van der Waals surface area contributed by atoms with Crippen LogP contribution in [0.15, 0.2) is 60.9 Å². The molecule has 0 amide bonds. The zero-order chi connectivity index (χ0) is 15.4. The SMILES string of the molecule is Cc1c(C(=O)OCc2ccccc2)cnn1-c1ccccn1. The van der Waals surface area contributed by atoms with Crippen LogP contribution in [0.3, 0.4) is 0 Å². The lowest BCUT2D eigenvalue weighted by Gasteiger charge is -2.05. The van der Waals surface area contributed by atoms with Gasteiger partial charge in [-0.1, -0.05) is 36.4 Å². The maximum absolute atomic E-state index is 12.2. The number of nitrogens with zero attached hydrogens (tertiary/aromatic N) is 3. The van der Waals surface area contributed by atoms with Crippen LogP contribution in [-0.4, -0.2) is 20.7 Å². The number of esters is 1. The van der Waals surface area contributed by atoms with Gasteiger partial charge in [-0.2, -0.15) is 5.10 Å². The van der Waals surface area contributed by atoms with Crippen molar-refractivity contribution in [2.24, 2.45) is 0 Å². The van der Waals surface area contributed by atoms with Crippen molar-refractivity contribution in [2.45, 2.75) is 13.5 Å². The van der Waals surface area contributed by atoms with Crippen LogP contribution in [0.1, 0.15) is 21.6 Å². The molecule has 0 aliphatic rings. The monoisotopic (exact) mass is 293 g/mol. The molecule has 3 rings (SSSR count). The van der Waals surface area contributed by atoms with Gasteiger partial charge in [0.2, 0.25) is 0 Å². The van der Waals surface area contributed by atoms with Crippen molar-refractivity contribution < 1.29 is 9.53 Å². The highest BCUT2D eigenvalue weighted by Gasteiger charge is 2.16. The topological polar surface area (TPSA) is 57.0 Å². The Balaban J connectivity index is 1.75. The van der Waals surface area contributed by atoms with Crippen molar-refractivity contribution in [1.82, 2.24) is 14.8 Å². The minimum Gasteiger partial charge on any atom is -0.457 e. The molecule has 0 atom stereocenters. The van der Waals surface area contributed by atoms with E-state index in [1.165, 1.54) is 6.20 Å². The van der Waals surface area contributed by atoms with E-state index in [0.29, 0.717) is 17.1 Å². The Bertz CT molecular complexity index is 767. The Morgan fingerprint density at radius 1 is 1.14 bits per heavy atom. The fourth-order valence-electron chi connectivity index (χ4n) is 2.12. The molecule has 5 nitrogen and oxygen atoms in total. The Hall–Kier alpha value is -2.95. The summed E-state index contributed by atoms with van der Waals surface area (Å²) in [6, 6.07) is 15.1. The van der Waals surface area contributed by atoms with Gasteiger partial charge >= 0.3 is 5.97 Å². The third kappa shape index (κ3) is 2.88. The van der Waals surface area contributed by atoms with Gasteiger partial charge in [0.05, 0.1) is 11.9 Å². The highest BCUT2D eigenvalue weighted by Crippen LogP contribution is 2.14. The molecule has 0 saturated heterocycles. The van der Waals surface area contributed by atoms with Crippen LogP contribution >= 0.6 is 0 Å². The number of benzene rings is 1. The minimum atomic E-state index is -0.386. The van der Waals surface area contributed by atoms with Gasteiger partial charge in [0.25, 0.3) is 0 Å². The van der Waals surface area contributed by atoms with Gasteiger partial charge in [-0.25, -0.2) is 14.5 Å². The number of rotatable bonds is 4. The number of hydrogen-bond donors (Lipinski definition) is 0. The molecular weight excluding hydrogens is 278 g/mol. The van der Waals surface area contributed by atoms with E-state index < -0.39 is 0 Å². The second-order valence-corrected chi connectivity index (χ2v) is 4.81. The zero-order valence-electron chi connectivity index (χ0n) is 12.1. The first-order chi connectivity index (χ1) is 10.8. The Kier molecular flexibility index (Phi) is 3.96. The van der Waals surface area contributed by atoms with E-state index in [2.05, 4.69) is 10.1 Å². The smallest absolute Gasteiger partial charge is 0.341 e. The summed E-state index contributed by atoms with van der Waals surface area (Å²) < 4.78 is 6.96. The lowest BCUT2D eigenvalue weighted by atomic mass is 10.2. The largest absolute Gasteiger partial charge is 0.457 e. The third-order valence-electron chi connectivity index (χ3n) is 3.31. The van der Waals surface area contributed by atoms with Gasteiger partial charge in [0.15, 0.2) is 5.82 Å². The summed E-state index contributed by atoms with van der Waals surface area (Å²) in [5.74, 6) is 0.283. The summed E-state index contributed by atoms with van der Waals surface area (Å²) in [6.45, 7) is 2.06. The predicted molar refractivity (Wildman–Crippen MR) is 81.7 cm³/mol. The van der Waals surface area contributed by atoms with E-state index >= 15 is 0 Å². The zero-order valence-corrected chi connectivity index (χ0v) is 12.1. The molecule has 2 heterocycles. The van der Waals surface area contributed by atoms with Gasteiger partial charge in [-0.05, 0) is 24.6 Å². The van der Waals surface area contributed by atoms with Crippen molar-refractivity contribution in [2.75, 3.05) is 0 Å². The average molecular weight is 293 g/mol. The number of pyridine rings is 1. The standard InChI is InChI=1S/C17H15N3O2/c1-13-15(11-19-20(13)16-9-5-6-10-18-16)17(21)22-12-14-7-3-2-4-8-14/h2-11H,12H2,1H3. The molecule has 22 heavy (non-hydrogen) atoms. The van der Waals surface area contributed by atoms with Crippen molar-refractivity contribution in [1.29, 1.82) is 0 Å². The second kappa shape index (κ2) is 6.22. The minimum absolute atomic E-state index is 0.244. The lowest BCUT2D eigenvalue weighted by Crippen LogP contribution is -2.07. The summed E-state index contributed by atoms with van der Waals surface area (Å²) in [6.07, 6.45) is 3.20. The van der Waals surface area contributed by atoms with E-state index in [9.17, 15) is 4.79 Å². The molecule has 1 aromatic carbocycles. The van der Waals surface area contributed by atoms with Gasteiger partial charge in [0.1, 0.15) is 12.2 Å². The first-order valence-corrected chi connectivity index (χ1v) is 6.93. The maximum atomic E-state index is 12.2. The molecule has 0 fully saturated rings. The van der Waals surface area contributed by atoms with Crippen molar-refractivity contribution in [3.05, 3.63) is 77.7 Å². The molecule has 0 bridgehead atoms. The highest BCUT2D eigenvalue weighted by molar-refractivity contribution is 5.90. The second-order valence-electron chi connectivity index (χ2n) is 4.81. The molecule has 0 unspecified atom stereocenters. The van der Waals surface area contributed by atoms with Crippen molar-refractivity contribution in [3.8, 4) is 5.82 Å². The highest BCUT2D eigenvalue weighted by atomic mass is 16.5. The number of ether oxygens (including phenoxy) is 1. The molecule has 0 saturated carbocycles. The molecule has 5 heteroatoms. The summed E-state index contributed by atoms with van der Waals surface area (Å²) in [5.41, 5.74) is 2.10. The number of carbonyl (C=O) groups is 1. The first kappa shape index (κ1) is 14.0. The van der Waals surface area contributed by atoms with Gasteiger partial charge in [0, 0.05) is 6.20 Å². The third-order valence-corrected chi connectivity index (χ3v) is 3.31. The fraction of sp³-hybridized carbons (Fsp3) is 0.118. The Morgan fingerprint density at radius 3 is 2.64 bits per heavy atom.